The first-order valence-corrected chi connectivity index (χ1v) is 11.4. The number of furan rings is 1. The van der Waals surface area contributed by atoms with Crippen LogP contribution in [0.4, 0.5) is 5.69 Å². The summed E-state index contributed by atoms with van der Waals surface area (Å²) in [6, 6.07) is 23.9. The van der Waals surface area contributed by atoms with Crippen molar-refractivity contribution in [2.75, 3.05) is 19.1 Å². The summed E-state index contributed by atoms with van der Waals surface area (Å²) in [7, 11) is 3.00. The van der Waals surface area contributed by atoms with Crippen LogP contribution < -0.4 is 15.0 Å². The fourth-order valence-corrected chi connectivity index (χ4v) is 4.66. The van der Waals surface area contributed by atoms with Crippen LogP contribution in [0, 0.1) is 0 Å². The van der Waals surface area contributed by atoms with Gasteiger partial charge in [0.15, 0.2) is 5.11 Å². The molecule has 0 unspecified atom stereocenters. The summed E-state index contributed by atoms with van der Waals surface area (Å²) >= 11 is 5.78. The van der Waals surface area contributed by atoms with Gasteiger partial charge in [0.25, 0.3) is 0 Å². The number of para-hydroxylation sites is 2. The lowest BCUT2D eigenvalue weighted by Crippen LogP contribution is -2.29. The molecule has 0 aliphatic carbocycles. The highest BCUT2D eigenvalue weighted by Crippen LogP contribution is 2.45. The molecule has 2 atom stereocenters. The summed E-state index contributed by atoms with van der Waals surface area (Å²) in [5.74, 6) is 1.61. The predicted molar refractivity (Wildman–Crippen MR) is 136 cm³/mol. The largest absolute Gasteiger partial charge is 0.495 e. The number of methoxy groups -OCH3 is 2. The third-order valence-electron chi connectivity index (χ3n) is 5.93. The predicted octanol–water partition coefficient (Wildman–Crippen LogP) is 5.31. The SMILES string of the molecule is COC(=O)c1cccc(-c2ccc([C@@H]3[C@H](c4ccccn4)NC(=S)N3c3ccccc3OC)o2)c1. The van der Waals surface area contributed by atoms with E-state index in [-0.39, 0.29) is 12.1 Å². The lowest BCUT2D eigenvalue weighted by molar-refractivity contribution is 0.0601. The molecule has 3 heterocycles. The molecule has 1 aliphatic heterocycles. The van der Waals surface area contributed by atoms with Gasteiger partial charge < -0.3 is 24.1 Å². The van der Waals surface area contributed by atoms with E-state index in [1.807, 2.05) is 65.6 Å². The maximum Gasteiger partial charge on any atom is 0.337 e. The fourth-order valence-electron chi connectivity index (χ4n) is 4.32. The second-order valence-electron chi connectivity index (χ2n) is 7.94. The molecule has 0 saturated carbocycles. The van der Waals surface area contributed by atoms with Gasteiger partial charge in [0.2, 0.25) is 0 Å². The van der Waals surface area contributed by atoms with Crippen LogP contribution in [0.25, 0.3) is 11.3 Å². The Bertz CT molecular complexity index is 1370. The topological polar surface area (TPSA) is 76.8 Å². The van der Waals surface area contributed by atoms with Gasteiger partial charge in [0, 0.05) is 11.8 Å². The number of pyridine rings is 1. The van der Waals surface area contributed by atoms with Gasteiger partial charge in [0.05, 0.1) is 37.2 Å². The normalized spacial score (nSPS) is 17.2. The molecule has 2 aromatic carbocycles. The Balaban J connectivity index is 1.60. The van der Waals surface area contributed by atoms with Gasteiger partial charge in [-0.25, -0.2) is 4.79 Å². The molecule has 7 nitrogen and oxygen atoms in total. The van der Waals surface area contributed by atoms with Gasteiger partial charge in [-0.1, -0.05) is 30.3 Å². The van der Waals surface area contributed by atoms with E-state index in [0.29, 0.717) is 27.9 Å². The summed E-state index contributed by atoms with van der Waals surface area (Å²) in [5, 5.41) is 3.96. The van der Waals surface area contributed by atoms with Gasteiger partial charge in [-0.3, -0.25) is 4.98 Å². The van der Waals surface area contributed by atoms with Crippen molar-refractivity contribution in [1.82, 2.24) is 10.3 Å². The highest BCUT2D eigenvalue weighted by molar-refractivity contribution is 7.80. The van der Waals surface area contributed by atoms with Crippen LogP contribution in [0.2, 0.25) is 0 Å². The van der Waals surface area contributed by atoms with Crippen molar-refractivity contribution in [3.63, 3.8) is 0 Å². The van der Waals surface area contributed by atoms with Crippen molar-refractivity contribution in [3.8, 4) is 17.1 Å². The summed E-state index contributed by atoms with van der Waals surface area (Å²) < 4.78 is 16.9. The van der Waals surface area contributed by atoms with Gasteiger partial charge in [-0.2, -0.15) is 0 Å². The molecule has 176 valence electrons. The zero-order valence-electron chi connectivity index (χ0n) is 19.2. The molecule has 0 amide bonds. The Hall–Kier alpha value is -4.17. The lowest BCUT2D eigenvalue weighted by Gasteiger charge is -2.27. The number of hydrogen-bond acceptors (Lipinski definition) is 6. The molecule has 1 fully saturated rings. The van der Waals surface area contributed by atoms with Crippen molar-refractivity contribution >= 4 is 29.0 Å². The summed E-state index contributed by atoms with van der Waals surface area (Å²) in [6.07, 6.45) is 1.76. The first-order valence-electron chi connectivity index (χ1n) is 11.0. The molecule has 0 bridgehead atoms. The number of thiocarbonyl (C=S) groups is 1. The Morgan fingerprint density at radius 2 is 1.86 bits per heavy atom. The van der Waals surface area contributed by atoms with Crippen LogP contribution in [0.3, 0.4) is 0 Å². The van der Waals surface area contributed by atoms with Crippen molar-refractivity contribution in [1.29, 1.82) is 0 Å². The Kier molecular flexibility index (Phi) is 6.20. The van der Waals surface area contributed by atoms with Crippen LogP contribution in [0.15, 0.2) is 89.5 Å². The molecule has 4 aromatic rings. The van der Waals surface area contributed by atoms with E-state index in [1.54, 1.807) is 31.5 Å². The molecule has 35 heavy (non-hydrogen) atoms. The maximum atomic E-state index is 12.0. The van der Waals surface area contributed by atoms with Crippen LogP contribution in [-0.4, -0.2) is 30.3 Å². The van der Waals surface area contributed by atoms with E-state index in [4.69, 9.17) is 26.1 Å². The molecule has 1 N–H and O–H groups in total. The number of hydrogen-bond donors (Lipinski definition) is 1. The van der Waals surface area contributed by atoms with Crippen molar-refractivity contribution in [2.45, 2.75) is 12.1 Å². The number of carbonyl (C=O) groups excluding carboxylic acids is 1. The quantitative estimate of drug-likeness (QED) is 0.291. The minimum atomic E-state index is -0.401. The summed E-state index contributed by atoms with van der Waals surface area (Å²) in [4.78, 5) is 18.6. The number of benzene rings is 2. The van der Waals surface area contributed by atoms with E-state index in [0.717, 1.165) is 16.9 Å². The number of aromatic nitrogens is 1. The van der Waals surface area contributed by atoms with Gasteiger partial charge >= 0.3 is 5.97 Å². The van der Waals surface area contributed by atoms with Crippen LogP contribution in [0.1, 0.15) is 33.9 Å². The average Bonchev–Trinajstić information content (AvgIpc) is 3.53. The Morgan fingerprint density at radius 1 is 1.03 bits per heavy atom. The average molecular weight is 486 g/mol. The van der Waals surface area contributed by atoms with E-state index < -0.39 is 5.97 Å². The third kappa shape index (κ3) is 4.24. The number of rotatable bonds is 6. The van der Waals surface area contributed by atoms with Crippen molar-refractivity contribution < 1.29 is 18.7 Å². The first kappa shape index (κ1) is 22.6. The fraction of sp³-hybridized carbons (Fsp3) is 0.148. The van der Waals surface area contributed by atoms with E-state index >= 15 is 0 Å². The molecule has 0 radical (unpaired) electrons. The second-order valence-corrected chi connectivity index (χ2v) is 8.33. The smallest absolute Gasteiger partial charge is 0.337 e. The van der Waals surface area contributed by atoms with E-state index in [2.05, 4.69) is 10.3 Å². The number of nitrogens with zero attached hydrogens (tertiary/aromatic N) is 2. The van der Waals surface area contributed by atoms with Crippen LogP contribution in [0.5, 0.6) is 5.75 Å². The summed E-state index contributed by atoms with van der Waals surface area (Å²) in [6.45, 7) is 0. The molecule has 8 heteroatoms. The minimum absolute atomic E-state index is 0.256. The molecule has 2 aromatic heterocycles. The van der Waals surface area contributed by atoms with Gasteiger partial charge in [-0.05, 0) is 60.7 Å². The molecule has 1 saturated heterocycles. The minimum Gasteiger partial charge on any atom is -0.495 e. The van der Waals surface area contributed by atoms with Gasteiger partial charge in [0.1, 0.15) is 23.3 Å². The Labute approximate surface area is 208 Å². The zero-order valence-corrected chi connectivity index (χ0v) is 20.0. The number of carbonyl (C=O) groups is 1. The summed E-state index contributed by atoms with van der Waals surface area (Å²) in [5.41, 5.74) is 2.88. The number of esters is 1. The maximum absolute atomic E-state index is 12.0. The first-order chi connectivity index (χ1) is 17.1. The number of ether oxygens (including phenoxy) is 2. The Morgan fingerprint density at radius 3 is 2.63 bits per heavy atom. The molecular weight excluding hydrogens is 462 g/mol. The van der Waals surface area contributed by atoms with Crippen LogP contribution >= 0.6 is 12.2 Å². The number of anilines is 1. The number of nitrogens with one attached hydrogen (secondary N) is 1. The molecule has 1 aliphatic rings. The van der Waals surface area contributed by atoms with Crippen molar-refractivity contribution in [3.05, 3.63) is 102 Å². The second kappa shape index (κ2) is 9.60. The third-order valence-corrected chi connectivity index (χ3v) is 6.24. The lowest BCUT2D eigenvalue weighted by atomic mass is 10.0. The molecule has 0 spiro atoms. The van der Waals surface area contributed by atoms with Crippen LogP contribution in [-0.2, 0) is 4.74 Å². The molecule has 5 rings (SSSR count). The highest BCUT2D eigenvalue weighted by atomic mass is 32.1. The highest BCUT2D eigenvalue weighted by Gasteiger charge is 2.43. The monoisotopic (exact) mass is 485 g/mol. The van der Waals surface area contributed by atoms with E-state index in [1.165, 1.54) is 7.11 Å². The van der Waals surface area contributed by atoms with E-state index in [9.17, 15) is 4.79 Å². The van der Waals surface area contributed by atoms with Crippen molar-refractivity contribution in [2.24, 2.45) is 0 Å². The zero-order chi connectivity index (χ0) is 24.4. The standard InChI is InChI=1S/C27H23N3O4S/c1-32-22-12-4-3-11-20(22)30-25(24(29-27(30)35)19-10-5-6-15-28-19)23-14-13-21(34-23)17-8-7-9-18(16-17)26(31)33-2/h3-16,24-25H,1-2H3,(H,29,35)/t24-,25+/m0/s1. The van der Waals surface area contributed by atoms with Gasteiger partial charge in [-0.15, -0.1) is 0 Å². The molecular formula is C27H23N3O4S.